The van der Waals surface area contributed by atoms with Crippen LogP contribution in [0, 0.1) is 0 Å². The lowest BCUT2D eigenvalue weighted by molar-refractivity contribution is -0.113. The van der Waals surface area contributed by atoms with E-state index in [1.54, 1.807) is 35.0 Å². The molecule has 2 aromatic heterocycles. The van der Waals surface area contributed by atoms with Crippen LogP contribution >= 0.6 is 11.8 Å². The van der Waals surface area contributed by atoms with Gasteiger partial charge in [-0.05, 0) is 54.7 Å². The van der Waals surface area contributed by atoms with Gasteiger partial charge < -0.3 is 5.32 Å². The fourth-order valence-electron chi connectivity index (χ4n) is 2.91. The number of rotatable bonds is 5. The summed E-state index contributed by atoms with van der Waals surface area (Å²) in [5, 5.41) is 6.89. The average Bonchev–Trinajstić information content (AvgIpc) is 3.32. The molecule has 1 aromatic carbocycles. The molecule has 3 aromatic rings. The maximum absolute atomic E-state index is 12.1. The van der Waals surface area contributed by atoms with E-state index in [-0.39, 0.29) is 5.91 Å². The Labute approximate surface area is 149 Å². The van der Waals surface area contributed by atoms with Crippen molar-refractivity contribution in [3.05, 3.63) is 60.3 Å². The average molecular weight is 351 g/mol. The molecule has 0 saturated carbocycles. The quantitative estimate of drug-likeness (QED) is 0.716. The second-order valence-electron chi connectivity index (χ2n) is 5.87. The van der Waals surface area contributed by atoms with Crippen LogP contribution in [-0.4, -0.2) is 31.4 Å². The van der Waals surface area contributed by atoms with Crippen LogP contribution in [0.5, 0.6) is 0 Å². The van der Waals surface area contributed by atoms with Crippen molar-refractivity contribution in [2.45, 2.75) is 24.2 Å². The molecule has 6 nitrogen and oxygen atoms in total. The minimum Gasteiger partial charge on any atom is -0.324 e. The molecule has 0 unspecified atom stereocenters. The molecular weight excluding hydrogens is 334 g/mol. The van der Waals surface area contributed by atoms with E-state index in [4.69, 9.17) is 0 Å². The standard InChI is InChI=1S/C18H17N5OS/c24-18(10-25-16-6-4-13-2-1-3-14(13)8-16)22-15-5-7-17(20-9-15)23-12-19-11-21-23/h4-9,11-12H,1-3,10H2,(H,22,24). The van der Waals surface area contributed by atoms with E-state index >= 15 is 0 Å². The number of pyridine rings is 1. The van der Waals surface area contributed by atoms with Gasteiger partial charge in [-0.15, -0.1) is 11.8 Å². The van der Waals surface area contributed by atoms with E-state index in [1.807, 2.05) is 6.07 Å². The Morgan fingerprint density at radius 1 is 1.20 bits per heavy atom. The van der Waals surface area contributed by atoms with Crippen molar-refractivity contribution < 1.29 is 4.79 Å². The highest BCUT2D eigenvalue weighted by Gasteiger charge is 2.12. The van der Waals surface area contributed by atoms with Crippen LogP contribution in [0.2, 0.25) is 0 Å². The molecule has 1 N–H and O–H groups in total. The van der Waals surface area contributed by atoms with Gasteiger partial charge >= 0.3 is 0 Å². The number of amides is 1. The Hall–Kier alpha value is -2.67. The first-order valence-corrected chi connectivity index (χ1v) is 9.12. The second-order valence-corrected chi connectivity index (χ2v) is 6.91. The second kappa shape index (κ2) is 7.06. The van der Waals surface area contributed by atoms with Crippen molar-refractivity contribution >= 4 is 23.4 Å². The first-order valence-electron chi connectivity index (χ1n) is 8.13. The molecule has 0 spiro atoms. The third-order valence-corrected chi connectivity index (χ3v) is 5.12. The smallest absolute Gasteiger partial charge is 0.234 e. The molecule has 0 radical (unpaired) electrons. The number of fused-ring (bicyclic) bond motifs is 1. The van der Waals surface area contributed by atoms with Gasteiger partial charge in [-0.1, -0.05) is 6.07 Å². The summed E-state index contributed by atoms with van der Waals surface area (Å²) in [6.45, 7) is 0. The number of hydrogen-bond donors (Lipinski definition) is 1. The molecule has 0 atom stereocenters. The predicted molar refractivity (Wildman–Crippen MR) is 97.0 cm³/mol. The highest BCUT2D eigenvalue weighted by atomic mass is 32.2. The van der Waals surface area contributed by atoms with Gasteiger partial charge in [0.15, 0.2) is 5.82 Å². The van der Waals surface area contributed by atoms with Gasteiger partial charge in [0.25, 0.3) is 0 Å². The highest BCUT2D eigenvalue weighted by molar-refractivity contribution is 8.00. The molecule has 25 heavy (non-hydrogen) atoms. The van der Waals surface area contributed by atoms with Crippen molar-refractivity contribution in [1.29, 1.82) is 0 Å². The van der Waals surface area contributed by atoms with Crippen LogP contribution in [0.4, 0.5) is 5.69 Å². The number of carbonyl (C=O) groups excluding carboxylic acids is 1. The number of carbonyl (C=O) groups is 1. The summed E-state index contributed by atoms with van der Waals surface area (Å²) >= 11 is 1.56. The van der Waals surface area contributed by atoms with Gasteiger partial charge in [-0.25, -0.2) is 14.6 Å². The Kier molecular flexibility index (Phi) is 4.47. The molecule has 1 aliphatic carbocycles. The molecule has 7 heteroatoms. The van der Waals surface area contributed by atoms with E-state index in [0.717, 1.165) is 11.3 Å². The van der Waals surface area contributed by atoms with Gasteiger partial charge in [-0.3, -0.25) is 4.79 Å². The van der Waals surface area contributed by atoms with E-state index in [9.17, 15) is 4.79 Å². The number of hydrogen-bond acceptors (Lipinski definition) is 5. The molecule has 126 valence electrons. The van der Waals surface area contributed by atoms with Crippen molar-refractivity contribution in [2.75, 3.05) is 11.1 Å². The minimum absolute atomic E-state index is 0.0409. The summed E-state index contributed by atoms with van der Waals surface area (Å²) < 4.78 is 1.56. The van der Waals surface area contributed by atoms with Gasteiger partial charge in [0, 0.05) is 4.90 Å². The van der Waals surface area contributed by atoms with Gasteiger partial charge in [0.2, 0.25) is 5.91 Å². The van der Waals surface area contributed by atoms with E-state index in [1.165, 1.54) is 30.3 Å². The van der Waals surface area contributed by atoms with E-state index in [2.05, 4.69) is 38.6 Å². The number of nitrogens with zero attached hydrogens (tertiary/aromatic N) is 4. The monoisotopic (exact) mass is 351 g/mol. The summed E-state index contributed by atoms with van der Waals surface area (Å²) in [6, 6.07) is 10.1. The summed E-state index contributed by atoms with van der Waals surface area (Å²) in [5.74, 6) is 0.993. The predicted octanol–water partition coefficient (Wildman–Crippen LogP) is 2.88. The lowest BCUT2D eigenvalue weighted by Crippen LogP contribution is -2.14. The number of anilines is 1. The van der Waals surface area contributed by atoms with Crippen LogP contribution in [0.15, 0.2) is 54.1 Å². The molecule has 2 heterocycles. The van der Waals surface area contributed by atoms with Gasteiger partial charge in [0.1, 0.15) is 12.7 Å². The molecular formula is C18H17N5OS. The third-order valence-electron chi connectivity index (χ3n) is 4.12. The van der Waals surface area contributed by atoms with Crippen molar-refractivity contribution in [1.82, 2.24) is 19.7 Å². The fraction of sp³-hybridized carbons (Fsp3) is 0.222. The zero-order valence-electron chi connectivity index (χ0n) is 13.6. The van der Waals surface area contributed by atoms with E-state index < -0.39 is 0 Å². The first-order chi connectivity index (χ1) is 12.3. The van der Waals surface area contributed by atoms with Crippen LogP contribution in [0.25, 0.3) is 5.82 Å². The zero-order valence-corrected chi connectivity index (χ0v) is 14.4. The molecule has 0 aliphatic heterocycles. The Morgan fingerprint density at radius 3 is 2.92 bits per heavy atom. The van der Waals surface area contributed by atoms with Crippen LogP contribution in [-0.2, 0) is 17.6 Å². The summed E-state index contributed by atoms with van der Waals surface area (Å²) in [6.07, 6.45) is 8.22. The number of aryl methyl sites for hydroxylation is 2. The topological polar surface area (TPSA) is 72.7 Å². The molecule has 0 bridgehead atoms. The lowest BCUT2D eigenvalue weighted by Gasteiger charge is -2.07. The van der Waals surface area contributed by atoms with Crippen molar-refractivity contribution in [3.63, 3.8) is 0 Å². The van der Waals surface area contributed by atoms with Crippen LogP contribution in [0.3, 0.4) is 0 Å². The maximum atomic E-state index is 12.1. The van der Waals surface area contributed by atoms with E-state index in [0.29, 0.717) is 17.3 Å². The third kappa shape index (κ3) is 3.71. The first kappa shape index (κ1) is 15.8. The normalized spacial score (nSPS) is 12.8. The molecule has 0 fully saturated rings. The minimum atomic E-state index is -0.0409. The summed E-state index contributed by atoms with van der Waals surface area (Å²) in [5.41, 5.74) is 3.55. The van der Waals surface area contributed by atoms with Crippen LogP contribution < -0.4 is 5.32 Å². The molecule has 1 amide bonds. The molecule has 1 aliphatic rings. The molecule has 4 rings (SSSR count). The van der Waals surface area contributed by atoms with Crippen LogP contribution in [0.1, 0.15) is 17.5 Å². The fourth-order valence-corrected chi connectivity index (χ4v) is 3.67. The van der Waals surface area contributed by atoms with Gasteiger partial charge in [-0.2, -0.15) is 5.10 Å². The largest absolute Gasteiger partial charge is 0.324 e. The maximum Gasteiger partial charge on any atom is 0.234 e. The van der Waals surface area contributed by atoms with Gasteiger partial charge in [0.05, 0.1) is 17.6 Å². The Morgan fingerprint density at radius 2 is 2.12 bits per heavy atom. The Balaban J connectivity index is 1.33. The Bertz CT molecular complexity index is 877. The number of thioether (sulfide) groups is 1. The summed E-state index contributed by atoms with van der Waals surface area (Å²) in [4.78, 5) is 21.4. The number of benzene rings is 1. The summed E-state index contributed by atoms with van der Waals surface area (Å²) in [7, 11) is 0. The van der Waals surface area contributed by atoms with Crippen molar-refractivity contribution in [2.24, 2.45) is 0 Å². The molecule has 0 saturated heterocycles. The zero-order chi connectivity index (χ0) is 17.1. The SMILES string of the molecule is O=C(CSc1ccc2c(c1)CCC2)Nc1ccc(-n2cncn2)nc1. The number of aromatic nitrogens is 4. The lowest BCUT2D eigenvalue weighted by atomic mass is 10.1. The number of nitrogens with one attached hydrogen (secondary N) is 1. The highest BCUT2D eigenvalue weighted by Crippen LogP contribution is 2.27. The van der Waals surface area contributed by atoms with Crippen molar-refractivity contribution in [3.8, 4) is 5.82 Å².